The summed E-state index contributed by atoms with van der Waals surface area (Å²) in [5.41, 5.74) is 6.24. The molecule has 0 amide bonds. The van der Waals surface area contributed by atoms with E-state index in [2.05, 4.69) is 11.5 Å². The van der Waals surface area contributed by atoms with E-state index in [1.54, 1.807) is 17.4 Å². The summed E-state index contributed by atoms with van der Waals surface area (Å²) >= 11 is 1.65. The molecule has 0 radical (unpaired) electrons. The zero-order valence-electron chi connectivity index (χ0n) is 12.0. The monoisotopic (exact) mass is 300 g/mol. The molecule has 0 saturated heterocycles. The average molecular weight is 300 g/mol. The zero-order chi connectivity index (χ0) is 15.0. The van der Waals surface area contributed by atoms with E-state index in [0.29, 0.717) is 5.56 Å². The van der Waals surface area contributed by atoms with Gasteiger partial charge in [0.2, 0.25) is 0 Å². The fourth-order valence-electron chi connectivity index (χ4n) is 2.84. The van der Waals surface area contributed by atoms with E-state index >= 15 is 0 Å². The Morgan fingerprint density at radius 3 is 2.67 bits per heavy atom. The molecule has 1 aromatic heterocycles. The summed E-state index contributed by atoms with van der Waals surface area (Å²) in [6.07, 6.45) is 0. The molecule has 2 nitrogen and oxygen atoms in total. The first-order chi connectivity index (χ1) is 10.1. The smallest absolute Gasteiger partial charge is 0.128 e. The van der Waals surface area contributed by atoms with E-state index in [1.807, 2.05) is 43.5 Å². The lowest BCUT2D eigenvalue weighted by Crippen LogP contribution is -2.30. The van der Waals surface area contributed by atoms with Crippen molar-refractivity contribution in [1.29, 1.82) is 0 Å². The van der Waals surface area contributed by atoms with E-state index in [0.717, 1.165) is 22.1 Å². The van der Waals surface area contributed by atoms with Crippen LogP contribution in [0.25, 0.3) is 10.1 Å². The number of benzene rings is 2. The lowest BCUT2D eigenvalue weighted by atomic mass is 9.93. The lowest BCUT2D eigenvalue weighted by molar-refractivity contribution is 0.558. The minimum atomic E-state index is -0.346. The maximum Gasteiger partial charge on any atom is 0.128 e. The Morgan fingerprint density at radius 1 is 1.19 bits per heavy atom. The summed E-state index contributed by atoms with van der Waals surface area (Å²) in [7, 11) is 0. The number of hydrogen-bond donors (Lipinski definition) is 2. The van der Waals surface area contributed by atoms with E-state index in [4.69, 9.17) is 5.84 Å². The number of aryl methyl sites for hydroxylation is 2. The van der Waals surface area contributed by atoms with Crippen LogP contribution >= 0.6 is 11.3 Å². The average Bonchev–Trinajstić information content (AvgIpc) is 2.86. The zero-order valence-corrected chi connectivity index (χ0v) is 12.8. The fraction of sp³-hybridized carbons (Fsp3) is 0.176. The van der Waals surface area contributed by atoms with Crippen molar-refractivity contribution >= 4 is 21.4 Å². The molecule has 3 aromatic rings. The van der Waals surface area contributed by atoms with Gasteiger partial charge in [0, 0.05) is 10.3 Å². The van der Waals surface area contributed by atoms with Crippen molar-refractivity contribution in [3.8, 4) is 0 Å². The van der Waals surface area contributed by atoms with Crippen LogP contribution in [0.2, 0.25) is 0 Å². The van der Waals surface area contributed by atoms with E-state index < -0.39 is 0 Å². The summed E-state index contributed by atoms with van der Waals surface area (Å²) in [4.78, 5) is 0. The molecular formula is C17H17FN2S. The maximum atomic E-state index is 14.4. The van der Waals surface area contributed by atoms with Crippen LogP contribution in [0.5, 0.6) is 0 Å². The number of hydrazine groups is 1. The molecule has 0 bridgehead atoms. The van der Waals surface area contributed by atoms with Crippen molar-refractivity contribution in [2.45, 2.75) is 19.9 Å². The first-order valence-corrected chi connectivity index (χ1v) is 7.68. The molecule has 0 saturated carbocycles. The quantitative estimate of drug-likeness (QED) is 0.561. The van der Waals surface area contributed by atoms with Crippen molar-refractivity contribution in [2.75, 3.05) is 0 Å². The molecule has 1 unspecified atom stereocenters. The van der Waals surface area contributed by atoms with Gasteiger partial charge < -0.3 is 0 Å². The molecule has 0 spiro atoms. The molecular weight excluding hydrogens is 283 g/mol. The van der Waals surface area contributed by atoms with Gasteiger partial charge in [0.25, 0.3) is 0 Å². The van der Waals surface area contributed by atoms with Gasteiger partial charge in [-0.05, 0) is 53.4 Å². The highest BCUT2D eigenvalue weighted by molar-refractivity contribution is 7.17. The van der Waals surface area contributed by atoms with Gasteiger partial charge in [-0.2, -0.15) is 0 Å². The summed E-state index contributed by atoms with van der Waals surface area (Å²) in [6, 6.07) is 11.3. The normalized spacial score (nSPS) is 12.8. The second kappa shape index (κ2) is 5.56. The van der Waals surface area contributed by atoms with E-state index in [1.165, 1.54) is 4.70 Å². The summed E-state index contributed by atoms with van der Waals surface area (Å²) < 4.78 is 15.6. The Balaban J connectivity index is 2.19. The minimum absolute atomic E-state index is 0.217. The summed E-state index contributed by atoms with van der Waals surface area (Å²) in [5.74, 6) is 5.53. The molecule has 3 rings (SSSR count). The molecule has 0 aliphatic carbocycles. The van der Waals surface area contributed by atoms with Crippen LogP contribution in [0, 0.1) is 19.7 Å². The van der Waals surface area contributed by atoms with Gasteiger partial charge in [-0.3, -0.25) is 5.84 Å². The van der Waals surface area contributed by atoms with Crippen molar-refractivity contribution in [3.63, 3.8) is 0 Å². The van der Waals surface area contributed by atoms with Crippen LogP contribution in [-0.2, 0) is 0 Å². The van der Waals surface area contributed by atoms with Gasteiger partial charge in [-0.15, -0.1) is 11.3 Å². The number of halogens is 1. The molecule has 3 N–H and O–H groups in total. The third-order valence-corrected chi connectivity index (χ3v) is 4.74. The molecule has 1 heterocycles. The molecule has 21 heavy (non-hydrogen) atoms. The first kappa shape index (κ1) is 14.2. The highest BCUT2D eigenvalue weighted by Crippen LogP contribution is 2.35. The van der Waals surface area contributed by atoms with Gasteiger partial charge in [-0.1, -0.05) is 24.3 Å². The van der Waals surface area contributed by atoms with Crippen LogP contribution < -0.4 is 11.3 Å². The molecule has 108 valence electrons. The SMILES string of the molecule is Cc1cc(C)c(C(NN)c2csc3ccccc23)c(F)c1. The Kier molecular flexibility index (Phi) is 3.76. The Labute approximate surface area is 127 Å². The number of thiophene rings is 1. The van der Waals surface area contributed by atoms with E-state index in [-0.39, 0.29) is 11.9 Å². The van der Waals surface area contributed by atoms with Crippen LogP contribution in [0.4, 0.5) is 4.39 Å². The number of hydrogen-bond acceptors (Lipinski definition) is 3. The van der Waals surface area contributed by atoms with Crippen molar-refractivity contribution in [1.82, 2.24) is 5.43 Å². The Hall–Kier alpha value is -1.75. The van der Waals surface area contributed by atoms with Crippen molar-refractivity contribution in [3.05, 3.63) is 69.8 Å². The number of nitrogens with one attached hydrogen (secondary N) is 1. The van der Waals surface area contributed by atoms with Gasteiger partial charge in [0.15, 0.2) is 0 Å². The third-order valence-electron chi connectivity index (χ3n) is 3.76. The molecule has 2 aromatic carbocycles. The van der Waals surface area contributed by atoms with Crippen molar-refractivity contribution < 1.29 is 4.39 Å². The van der Waals surface area contributed by atoms with Crippen LogP contribution in [-0.4, -0.2) is 0 Å². The second-order valence-electron chi connectivity index (χ2n) is 5.26. The van der Waals surface area contributed by atoms with Crippen molar-refractivity contribution in [2.24, 2.45) is 5.84 Å². The Bertz CT molecular complexity index is 771. The first-order valence-electron chi connectivity index (χ1n) is 6.80. The molecule has 0 aliphatic rings. The standard InChI is InChI=1S/C17H17FN2S/c1-10-7-11(2)16(14(18)8-10)17(20-19)13-9-21-15-6-4-3-5-12(13)15/h3-9,17,20H,19H2,1-2H3. The lowest BCUT2D eigenvalue weighted by Gasteiger charge is -2.20. The van der Waals surface area contributed by atoms with E-state index in [9.17, 15) is 4.39 Å². The predicted octanol–water partition coefficient (Wildman–Crippen LogP) is 4.21. The van der Waals surface area contributed by atoms with Crippen LogP contribution in [0.15, 0.2) is 41.8 Å². The molecule has 0 aliphatic heterocycles. The topological polar surface area (TPSA) is 38.0 Å². The maximum absolute atomic E-state index is 14.4. The van der Waals surface area contributed by atoms with Gasteiger partial charge >= 0.3 is 0 Å². The minimum Gasteiger partial charge on any atom is -0.271 e. The Morgan fingerprint density at radius 2 is 1.95 bits per heavy atom. The number of fused-ring (bicyclic) bond motifs is 1. The summed E-state index contributed by atoms with van der Waals surface area (Å²) in [5, 5.41) is 3.17. The fourth-order valence-corrected chi connectivity index (χ4v) is 3.83. The number of rotatable bonds is 3. The molecule has 1 atom stereocenters. The number of nitrogens with two attached hydrogens (primary N) is 1. The van der Waals surface area contributed by atoms with Gasteiger partial charge in [0.05, 0.1) is 6.04 Å². The van der Waals surface area contributed by atoms with Crippen LogP contribution in [0.1, 0.15) is 28.3 Å². The van der Waals surface area contributed by atoms with Crippen LogP contribution in [0.3, 0.4) is 0 Å². The third kappa shape index (κ3) is 2.46. The second-order valence-corrected chi connectivity index (χ2v) is 6.18. The highest BCUT2D eigenvalue weighted by atomic mass is 32.1. The molecule has 4 heteroatoms. The van der Waals surface area contributed by atoms with Gasteiger partial charge in [-0.25, -0.2) is 9.82 Å². The van der Waals surface area contributed by atoms with Gasteiger partial charge in [0.1, 0.15) is 5.82 Å². The summed E-state index contributed by atoms with van der Waals surface area (Å²) in [6.45, 7) is 3.81. The predicted molar refractivity (Wildman–Crippen MR) is 86.9 cm³/mol. The highest BCUT2D eigenvalue weighted by Gasteiger charge is 2.22. The largest absolute Gasteiger partial charge is 0.271 e. The molecule has 0 fully saturated rings.